The lowest BCUT2D eigenvalue weighted by Gasteiger charge is -2.21. The summed E-state index contributed by atoms with van der Waals surface area (Å²) in [5.74, 6) is -0.311. The molecule has 1 saturated heterocycles. The van der Waals surface area contributed by atoms with Gasteiger partial charge in [0.25, 0.3) is 0 Å². The van der Waals surface area contributed by atoms with E-state index < -0.39 is 0 Å². The van der Waals surface area contributed by atoms with E-state index in [2.05, 4.69) is 16.8 Å². The van der Waals surface area contributed by atoms with E-state index >= 15 is 0 Å². The van der Waals surface area contributed by atoms with Crippen LogP contribution in [0.4, 0.5) is 10.1 Å². The molecule has 0 amide bonds. The number of nitrogens with two attached hydrogens (primary N) is 1. The molecule has 2 rings (SSSR count). The van der Waals surface area contributed by atoms with Crippen LogP contribution in [-0.2, 0) is 6.54 Å². The molecule has 1 aromatic rings. The van der Waals surface area contributed by atoms with Crippen LogP contribution >= 0.6 is 0 Å². The molecule has 0 unspecified atom stereocenters. The second-order valence-electron chi connectivity index (χ2n) is 4.75. The molecule has 0 aromatic heterocycles. The summed E-state index contributed by atoms with van der Waals surface area (Å²) in [7, 11) is 2.14. The predicted octanol–water partition coefficient (Wildman–Crippen LogP) is 1.55. The maximum absolute atomic E-state index is 13.3. The summed E-state index contributed by atoms with van der Waals surface area (Å²) in [6.07, 6.45) is 1.16. The van der Waals surface area contributed by atoms with Gasteiger partial charge in [0, 0.05) is 19.6 Å². The van der Waals surface area contributed by atoms with Crippen molar-refractivity contribution in [1.29, 1.82) is 0 Å². The molecular weight excluding hydrogens is 217 g/mol. The maximum Gasteiger partial charge on any atom is 0.146 e. The maximum atomic E-state index is 13.3. The largest absolute Gasteiger partial charge is 0.396 e. The molecule has 1 heterocycles. The normalized spacial score (nSPS) is 19.2. The Balaban J connectivity index is 2.02. The van der Waals surface area contributed by atoms with Crippen LogP contribution in [0, 0.1) is 5.82 Å². The summed E-state index contributed by atoms with van der Waals surface area (Å²) < 4.78 is 13.3. The fourth-order valence-electron chi connectivity index (χ4n) is 2.22. The van der Waals surface area contributed by atoms with Crippen LogP contribution in [0.2, 0.25) is 0 Å². The number of hydrogen-bond donors (Lipinski definition) is 1. The first kappa shape index (κ1) is 12.3. The van der Waals surface area contributed by atoms with E-state index in [1.807, 2.05) is 6.07 Å². The Labute approximate surface area is 102 Å². The van der Waals surface area contributed by atoms with Crippen LogP contribution in [-0.4, -0.2) is 43.0 Å². The predicted molar refractivity (Wildman–Crippen MR) is 68.2 cm³/mol. The second-order valence-corrected chi connectivity index (χ2v) is 4.75. The highest BCUT2D eigenvalue weighted by Gasteiger charge is 2.14. The first-order valence-electron chi connectivity index (χ1n) is 6.10. The molecule has 3 nitrogen and oxygen atoms in total. The third kappa shape index (κ3) is 3.17. The number of para-hydroxylation sites is 1. The third-order valence-electron chi connectivity index (χ3n) is 3.35. The van der Waals surface area contributed by atoms with Gasteiger partial charge in [-0.2, -0.15) is 0 Å². The van der Waals surface area contributed by atoms with Crippen molar-refractivity contribution in [2.24, 2.45) is 0 Å². The third-order valence-corrected chi connectivity index (χ3v) is 3.35. The number of rotatable bonds is 2. The molecule has 4 heteroatoms. The molecule has 2 N–H and O–H groups in total. The molecule has 0 radical (unpaired) electrons. The molecule has 94 valence electrons. The highest BCUT2D eigenvalue weighted by Crippen LogP contribution is 2.18. The smallest absolute Gasteiger partial charge is 0.146 e. The molecule has 0 spiro atoms. The van der Waals surface area contributed by atoms with Crippen molar-refractivity contribution < 1.29 is 4.39 Å². The number of hydrogen-bond acceptors (Lipinski definition) is 3. The first-order chi connectivity index (χ1) is 8.16. The van der Waals surface area contributed by atoms with Crippen LogP contribution in [0.3, 0.4) is 0 Å². The van der Waals surface area contributed by atoms with E-state index in [1.54, 1.807) is 6.07 Å². The van der Waals surface area contributed by atoms with Gasteiger partial charge in [0.05, 0.1) is 5.69 Å². The lowest BCUT2D eigenvalue weighted by Crippen LogP contribution is -2.28. The Hall–Kier alpha value is -1.13. The Morgan fingerprint density at radius 2 is 2.06 bits per heavy atom. The molecule has 0 bridgehead atoms. The van der Waals surface area contributed by atoms with Crippen LogP contribution in [0.1, 0.15) is 12.0 Å². The standard InChI is InChI=1S/C13H20FN3/c1-16-6-3-7-17(9-8-16)10-11-4-2-5-12(14)13(11)15/h2,4-5H,3,6-10,15H2,1H3. The Morgan fingerprint density at radius 3 is 2.88 bits per heavy atom. The molecule has 1 aliphatic heterocycles. The van der Waals surface area contributed by atoms with Crippen molar-refractivity contribution in [2.45, 2.75) is 13.0 Å². The van der Waals surface area contributed by atoms with Crippen molar-refractivity contribution >= 4 is 5.69 Å². The number of halogens is 1. The van der Waals surface area contributed by atoms with Crippen molar-refractivity contribution in [3.05, 3.63) is 29.6 Å². The number of likely N-dealkylation sites (N-methyl/N-ethyl adjacent to an activating group) is 1. The van der Waals surface area contributed by atoms with Crippen molar-refractivity contribution in [3.8, 4) is 0 Å². The van der Waals surface area contributed by atoms with Gasteiger partial charge in [-0.1, -0.05) is 12.1 Å². The zero-order chi connectivity index (χ0) is 12.3. The van der Waals surface area contributed by atoms with E-state index in [0.717, 1.165) is 44.7 Å². The van der Waals surface area contributed by atoms with Gasteiger partial charge in [0.2, 0.25) is 0 Å². The Bertz CT molecular complexity index is 381. The number of benzene rings is 1. The second kappa shape index (κ2) is 5.47. The summed E-state index contributed by atoms with van der Waals surface area (Å²) in [5.41, 5.74) is 6.95. The lowest BCUT2D eigenvalue weighted by molar-refractivity contribution is 0.269. The molecule has 17 heavy (non-hydrogen) atoms. The SMILES string of the molecule is CN1CCCN(Cc2cccc(F)c2N)CC1. The Morgan fingerprint density at radius 1 is 1.24 bits per heavy atom. The molecule has 0 aliphatic carbocycles. The zero-order valence-corrected chi connectivity index (χ0v) is 10.3. The van der Waals surface area contributed by atoms with Crippen LogP contribution in [0.5, 0.6) is 0 Å². The molecule has 1 aromatic carbocycles. The van der Waals surface area contributed by atoms with Gasteiger partial charge in [-0.15, -0.1) is 0 Å². The summed E-state index contributed by atoms with van der Waals surface area (Å²) in [4.78, 5) is 4.67. The summed E-state index contributed by atoms with van der Waals surface area (Å²) in [6.45, 7) is 5.02. The molecule has 1 aliphatic rings. The monoisotopic (exact) mass is 237 g/mol. The molecular formula is C13H20FN3. The van der Waals surface area contributed by atoms with E-state index in [1.165, 1.54) is 6.07 Å². The summed E-state index contributed by atoms with van der Waals surface area (Å²) in [6, 6.07) is 5.05. The minimum Gasteiger partial charge on any atom is -0.396 e. The summed E-state index contributed by atoms with van der Waals surface area (Å²) >= 11 is 0. The first-order valence-corrected chi connectivity index (χ1v) is 6.10. The minimum atomic E-state index is -0.311. The average Bonchev–Trinajstić information content (AvgIpc) is 2.50. The Kier molecular flexibility index (Phi) is 3.97. The van der Waals surface area contributed by atoms with Crippen molar-refractivity contribution in [3.63, 3.8) is 0 Å². The van der Waals surface area contributed by atoms with Crippen LogP contribution < -0.4 is 5.73 Å². The average molecular weight is 237 g/mol. The zero-order valence-electron chi connectivity index (χ0n) is 10.3. The van der Waals surface area contributed by atoms with Gasteiger partial charge in [-0.05, 0) is 38.2 Å². The highest BCUT2D eigenvalue weighted by molar-refractivity contribution is 5.47. The summed E-state index contributed by atoms with van der Waals surface area (Å²) in [5, 5.41) is 0. The number of nitrogen functional groups attached to an aromatic ring is 1. The van der Waals surface area contributed by atoms with Crippen molar-refractivity contribution in [1.82, 2.24) is 9.80 Å². The topological polar surface area (TPSA) is 32.5 Å². The van der Waals surface area contributed by atoms with E-state index in [-0.39, 0.29) is 5.82 Å². The van der Waals surface area contributed by atoms with Gasteiger partial charge < -0.3 is 10.6 Å². The lowest BCUT2D eigenvalue weighted by atomic mass is 10.1. The van der Waals surface area contributed by atoms with Gasteiger partial charge in [-0.25, -0.2) is 4.39 Å². The number of nitrogens with zero attached hydrogens (tertiary/aromatic N) is 2. The van der Waals surface area contributed by atoms with Crippen LogP contribution in [0.15, 0.2) is 18.2 Å². The van der Waals surface area contributed by atoms with E-state index in [0.29, 0.717) is 5.69 Å². The van der Waals surface area contributed by atoms with Gasteiger partial charge >= 0.3 is 0 Å². The van der Waals surface area contributed by atoms with Gasteiger partial charge in [-0.3, -0.25) is 4.90 Å². The fourth-order valence-corrected chi connectivity index (χ4v) is 2.22. The fraction of sp³-hybridized carbons (Fsp3) is 0.538. The molecule has 1 fully saturated rings. The number of anilines is 1. The minimum absolute atomic E-state index is 0.296. The quantitative estimate of drug-likeness (QED) is 0.792. The van der Waals surface area contributed by atoms with Crippen LogP contribution in [0.25, 0.3) is 0 Å². The van der Waals surface area contributed by atoms with E-state index in [4.69, 9.17) is 5.73 Å². The van der Waals surface area contributed by atoms with E-state index in [9.17, 15) is 4.39 Å². The van der Waals surface area contributed by atoms with Crippen molar-refractivity contribution in [2.75, 3.05) is 39.0 Å². The highest BCUT2D eigenvalue weighted by atomic mass is 19.1. The molecule has 0 atom stereocenters. The van der Waals surface area contributed by atoms with Gasteiger partial charge in [0.15, 0.2) is 0 Å². The van der Waals surface area contributed by atoms with Gasteiger partial charge in [0.1, 0.15) is 5.82 Å². The molecule has 0 saturated carbocycles.